The minimum Gasteiger partial charge on any atom is -0.497 e. The number of hydrogen-bond acceptors (Lipinski definition) is 6. The molecular weight excluding hydrogens is 408 g/mol. The van der Waals surface area contributed by atoms with Gasteiger partial charge in [-0.25, -0.2) is 0 Å². The molecule has 1 aliphatic heterocycles. The fourth-order valence-electron chi connectivity index (χ4n) is 4.12. The lowest BCUT2D eigenvalue weighted by atomic mass is 10.0. The van der Waals surface area contributed by atoms with Gasteiger partial charge in [0.25, 0.3) is 5.91 Å². The average molecular weight is 437 g/mol. The van der Waals surface area contributed by atoms with Crippen LogP contribution in [0.4, 0.5) is 5.69 Å². The maximum Gasteiger partial charge on any atom is 0.253 e. The van der Waals surface area contributed by atoms with Crippen LogP contribution in [0.15, 0.2) is 66.3 Å². The number of rotatable bonds is 7. The summed E-state index contributed by atoms with van der Waals surface area (Å²) in [4.78, 5) is 22.9. The second-order valence-corrected chi connectivity index (χ2v) is 8.66. The van der Waals surface area contributed by atoms with Crippen molar-refractivity contribution in [3.8, 4) is 5.75 Å². The Morgan fingerprint density at radius 1 is 1.10 bits per heavy atom. The lowest BCUT2D eigenvalue weighted by Crippen LogP contribution is -2.52. The number of nitrogens with one attached hydrogen (secondary N) is 1. The standard InChI is InChI=1S/C24H28N4O2S/c1-18(26-24(29)19-5-3-11-25-17-19)23(22-6-4-16-31-22)28-14-12-27(13-15-28)20-7-9-21(30-2)10-8-20/h3-11,16-18,23H,12-15H2,1-2H3,(H,26,29)/t18-,23-/m0/s1. The minimum absolute atomic E-state index is 0.0288. The molecule has 1 fully saturated rings. The van der Waals surface area contributed by atoms with E-state index < -0.39 is 0 Å². The highest BCUT2D eigenvalue weighted by atomic mass is 32.1. The molecule has 6 nitrogen and oxygen atoms in total. The third-order valence-electron chi connectivity index (χ3n) is 5.74. The molecule has 0 radical (unpaired) electrons. The van der Waals surface area contributed by atoms with Gasteiger partial charge in [0.2, 0.25) is 0 Å². The van der Waals surface area contributed by atoms with E-state index in [1.54, 1.807) is 43.0 Å². The zero-order chi connectivity index (χ0) is 21.6. The fourth-order valence-corrected chi connectivity index (χ4v) is 5.08. The van der Waals surface area contributed by atoms with Crippen LogP contribution in [0.5, 0.6) is 5.75 Å². The molecule has 3 aromatic rings. The molecule has 1 aromatic carbocycles. The van der Waals surface area contributed by atoms with Crippen molar-refractivity contribution in [2.75, 3.05) is 38.2 Å². The van der Waals surface area contributed by atoms with E-state index in [-0.39, 0.29) is 18.0 Å². The largest absolute Gasteiger partial charge is 0.497 e. The first-order valence-corrected chi connectivity index (χ1v) is 11.4. The predicted molar refractivity (Wildman–Crippen MR) is 125 cm³/mol. The van der Waals surface area contributed by atoms with Gasteiger partial charge in [0, 0.05) is 55.2 Å². The summed E-state index contributed by atoms with van der Waals surface area (Å²) in [6.45, 7) is 5.84. The van der Waals surface area contributed by atoms with Gasteiger partial charge in [-0.3, -0.25) is 14.7 Å². The Morgan fingerprint density at radius 2 is 1.87 bits per heavy atom. The number of carbonyl (C=O) groups is 1. The second-order valence-electron chi connectivity index (χ2n) is 7.69. The SMILES string of the molecule is COc1ccc(N2CCN([C@H](c3cccs3)[C@H](C)NC(=O)c3cccnc3)CC2)cc1. The number of aromatic nitrogens is 1. The van der Waals surface area contributed by atoms with E-state index >= 15 is 0 Å². The molecule has 0 unspecified atom stereocenters. The molecule has 0 bridgehead atoms. The Morgan fingerprint density at radius 3 is 2.48 bits per heavy atom. The molecule has 1 saturated heterocycles. The molecule has 1 amide bonds. The van der Waals surface area contributed by atoms with Gasteiger partial charge in [0.1, 0.15) is 5.75 Å². The first-order valence-electron chi connectivity index (χ1n) is 10.5. The monoisotopic (exact) mass is 436 g/mol. The van der Waals surface area contributed by atoms with Gasteiger partial charge < -0.3 is 15.0 Å². The van der Waals surface area contributed by atoms with E-state index in [1.807, 2.05) is 12.1 Å². The van der Waals surface area contributed by atoms with Crippen LogP contribution in [0.25, 0.3) is 0 Å². The van der Waals surface area contributed by atoms with Gasteiger partial charge in [0.15, 0.2) is 0 Å². The number of benzene rings is 1. The number of anilines is 1. The maximum atomic E-state index is 12.7. The smallest absolute Gasteiger partial charge is 0.253 e. The van der Waals surface area contributed by atoms with Gasteiger partial charge in [-0.1, -0.05) is 6.07 Å². The molecule has 2 atom stereocenters. The molecule has 0 aliphatic carbocycles. The van der Waals surface area contributed by atoms with Crippen molar-refractivity contribution in [3.05, 3.63) is 76.7 Å². The molecular formula is C24H28N4O2S. The Hall–Kier alpha value is -2.90. The van der Waals surface area contributed by atoms with Gasteiger partial charge in [-0.2, -0.15) is 0 Å². The molecule has 0 spiro atoms. The number of amides is 1. The molecule has 2 aromatic heterocycles. The van der Waals surface area contributed by atoms with Crippen molar-refractivity contribution in [3.63, 3.8) is 0 Å². The predicted octanol–water partition coefficient (Wildman–Crippen LogP) is 3.83. The van der Waals surface area contributed by atoms with Crippen LogP contribution in [-0.2, 0) is 0 Å². The van der Waals surface area contributed by atoms with Crippen molar-refractivity contribution in [2.24, 2.45) is 0 Å². The van der Waals surface area contributed by atoms with E-state index in [0.29, 0.717) is 5.56 Å². The van der Waals surface area contributed by atoms with Crippen LogP contribution in [0.1, 0.15) is 28.2 Å². The zero-order valence-corrected chi connectivity index (χ0v) is 18.7. The average Bonchev–Trinajstić information content (AvgIpc) is 3.34. The molecule has 1 aliphatic rings. The highest BCUT2D eigenvalue weighted by Crippen LogP contribution is 2.30. The molecule has 0 saturated carbocycles. The third kappa shape index (κ3) is 5.06. The summed E-state index contributed by atoms with van der Waals surface area (Å²) in [5.41, 5.74) is 1.80. The molecule has 7 heteroatoms. The number of methoxy groups -OCH3 is 1. The quantitative estimate of drug-likeness (QED) is 0.610. The summed E-state index contributed by atoms with van der Waals surface area (Å²) in [5.74, 6) is 0.789. The first kappa shape index (κ1) is 21.3. The third-order valence-corrected chi connectivity index (χ3v) is 6.68. The number of ether oxygens (including phenoxy) is 1. The van der Waals surface area contributed by atoms with E-state index in [4.69, 9.17) is 4.74 Å². The summed E-state index contributed by atoms with van der Waals surface area (Å²) in [6, 6.07) is 16.2. The van der Waals surface area contributed by atoms with E-state index in [9.17, 15) is 4.79 Å². The van der Waals surface area contributed by atoms with Crippen molar-refractivity contribution < 1.29 is 9.53 Å². The van der Waals surface area contributed by atoms with Crippen molar-refractivity contribution >= 4 is 22.9 Å². The number of hydrogen-bond donors (Lipinski definition) is 1. The van der Waals surface area contributed by atoms with Gasteiger partial charge in [-0.15, -0.1) is 11.3 Å². The number of piperazine rings is 1. The topological polar surface area (TPSA) is 57.7 Å². The van der Waals surface area contributed by atoms with Crippen LogP contribution in [0.3, 0.4) is 0 Å². The van der Waals surface area contributed by atoms with Crippen molar-refractivity contribution in [1.82, 2.24) is 15.2 Å². The van der Waals surface area contributed by atoms with E-state index in [0.717, 1.165) is 31.9 Å². The second kappa shape index (κ2) is 9.94. The van der Waals surface area contributed by atoms with Crippen molar-refractivity contribution in [1.29, 1.82) is 0 Å². The fraction of sp³-hybridized carbons (Fsp3) is 0.333. The number of pyridine rings is 1. The first-order chi connectivity index (χ1) is 15.2. The van der Waals surface area contributed by atoms with Crippen LogP contribution >= 0.6 is 11.3 Å². The Balaban J connectivity index is 1.44. The zero-order valence-electron chi connectivity index (χ0n) is 17.9. The van der Waals surface area contributed by atoms with Crippen LogP contribution in [0, 0.1) is 0 Å². The Bertz CT molecular complexity index is 955. The molecule has 1 N–H and O–H groups in total. The number of thiophene rings is 1. The summed E-state index contributed by atoms with van der Waals surface area (Å²) in [7, 11) is 1.69. The molecule has 162 valence electrons. The normalized spacial score (nSPS) is 16.5. The van der Waals surface area contributed by atoms with Crippen LogP contribution in [0.2, 0.25) is 0 Å². The summed E-state index contributed by atoms with van der Waals surface area (Å²) < 4.78 is 5.27. The summed E-state index contributed by atoms with van der Waals surface area (Å²) in [5, 5.41) is 5.30. The lowest BCUT2D eigenvalue weighted by Gasteiger charge is -2.42. The van der Waals surface area contributed by atoms with E-state index in [2.05, 4.69) is 56.7 Å². The summed E-state index contributed by atoms with van der Waals surface area (Å²) >= 11 is 1.74. The van der Waals surface area contributed by atoms with Gasteiger partial charge >= 0.3 is 0 Å². The minimum atomic E-state index is -0.0842. The summed E-state index contributed by atoms with van der Waals surface area (Å²) in [6.07, 6.45) is 3.28. The van der Waals surface area contributed by atoms with E-state index in [1.165, 1.54) is 10.6 Å². The highest BCUT2D eigenvalue weighted by Gasteiger charge is 2.31. The number of nitrogens with zero attached hydrogens (tertiary/aromatic N) is 3. The molecule has 3 heterocycles. The van der Waals surface area contributed by atoms with Crippen LogP contribution < -0.4 is 15.0 Å². The van der Waals surface area contributed by atoms with Gasteiger partial charge in [-0.05, 0) is 54.8 Å². The lowest BCUT2D eigenvalue weighted by molar-refractivity contribution is 0.0890. The van der Waals surface area contributed by atoms with Crippen molar-refractivity contribution in [2.45, 2.75) is 19.0 Å². The molecule has 4 rings (SSSR count). The Labute approximate surface area is 187 Å². The Kier molecular flexibility index (Phi) is 6.84. The highest BCUT2D eigenvalue weighted by molar-refractivity contribution is 7.10. The maximum absolute atomic E-state index is 12.7. The molecule has 31 heavy (non-hydrogen) atoms. The number of carbonyl (C=O) groups excluding carboxylic acids is 1. The van der Waals surface area contributed by atoms with Gasteiger partial charge in [0.05, 0.1) is 18.7 Å². The van der Waals surface area contributed by atoms with Crippen LogP contribution in [-0.4, -0.2) is 55.1 Å².